The summed E-state index contributed by atoms with van der Waals surface area (Å²) in [5, 5.41) is 3.50. The number of hydrogen-bond acceptors (Lipinski definition) is 3. The minimum Gasteiger partial charge on any atom is -0.314 e. The summed E-state index contributed by atoms with van der Waals surface area (Å²) in [5.41, 5.74) is 0. The quantitative estimate of drug-likeness (QED) is 0.833. The normalized spacial score (nSPS) is 21.7. The highest BCUT2D eigenvalue weighted by Crippen LogP contribution is 2.41. The molecule has 3 rings (SSSR count). The van der Waals surface area contributed by atoms with Gasteiger partial charge in [-0.05, 0) is 37.3 Å². The Balaban J connectivity index is 0.00000121. The van der Waals surface area contributed by atoms with E-state index in [4.69, 9.17) is 0 Å². The predicted molar refractivity (Wildman–Crippen MR) is 102 cm³/mol. The highest BCUT2D eigenvalue weighted by Gasteiger charge is 2.31. The van der Waals surface area contributed by atoms with E-state index in [0.717, 1.165) is 19.0 Å². The Kier molecular flexibility index (Phi) is 9.34. The number of piperazine rings is 1. The maximum Gasteiger partial charge on any atom is 0.0470 e. The lowest BCUT2D eigenvalue weighted by Gasteiger charge is -2.40. The van der Waals surface area contributed by atoms with E-state index in [0.29, 0.717) is 6.04 Å². The maximum atomic E-state index is 3.50. The van der Waals surface area contributed by atoms with Gasteiger partial charge in [-0.15, -0.1) is 36.2 Å². The number of halogens is 2. The molecular weight excluding hydrogens is 335 g/mol. The molecule has 22 heavy (non-hydrogen) atoms. The molecule has 0 spiro atoms. The zero-order chi connectivity index (χ0) is 13.8. The first-order chi connectivity index (χ1) is 9.88. The van der Waals surface area contributed by atoms with Crippen LogP contribution in [0.15, 0.2) is 12.1 Å². The maximum absolute atomic E-state index is 3.50. The van der Waals surface area contributed by atoms with Crippen molar-refractivity contribution in [2.45, 2.75) is 51.5 Å². The van der Waals surface area contributed by atoms with Crippen molar-refractivity contribution in [3.05, 3.63) is 21.9 Å². The fourth-order valence-corrected chi connectivity index (χ4v) is 5.05. The molecule has 1 saturated carbocycles. The lowest BCUT2D eigenvalue weighted by Crippen LogP contribution is -2.47. The molecule has 2 fully saturated rings. The van der Waals surface area contributed by atoms with E-state index in [-0.39, 0.29) is 24.8 Å². The molecule has 0 amide bonds. The lowest BCUT2D eigenvalue weighted by atomic mass is 9.82. The molecule has 1 atom stereocenters. The smallest absolute Gasteiger partial charge is 0.0470 e. The summed E-state index contributed by atoms with van der Waals surface area (Å²) in [7, 11) is 0. The molecule has 1 aromatic rings. The summed E-state index contributed by atoms with van der Waals surface area (Å²) in [6.45, 7) is 7.04. The first-order valence-corrected chi connectivity index (χ1v) is 9.23. The van der Waals surface area contributed by atoms with E-state index in [1.165, 1.54) is 51.6 Å². The number of aryl methyl sites for hydroxylation is 1. The fourth-order valence-electron chi connectivity index (χ4n) is 3.86. The first-order valence-electron chi connectivity index (χ1n) is 8.42. The van der Waals surface area contributed by atoms with Gasteiger partial charge >= 0.3 is 0 Å². The summed E-state index contributed by atoms with van der Waals surface area (Å²) < 4.78 is 0. The SMILES string of the molecule is CCc1ccc([C@H](C2CCCCC2)N2CCNCC2)s1.Cl.Cl. The van der Waals surface area contributed by atoms with Crippen LogP contribution in [0.4, 0.5) is 0 Å². The number of nitrogens with one attached hydrogen (secondary N) is 1. The van der Waals surface area contributed by atoms with E-state index in [1.54, 1.807) is 9.75 Å². The molecule has 5 heteroatoms. The van der Waals surface area contributed by atoms with Crippen molar-refractivity contribution in [2.75, 3.05) is 26.2 Å². The minimum absolute atomic E-state index is 0. The van der Waals surface area contributed by atoms with Crippen LogP contribution < -0.4 is 5.32 Å². The van der Waals surface area contributed by atoms with Crippen molar-refractivity contribution >= 4 is 36.2 Å². The van der Waals surface area contributed by atoms with Crippen molar-refractivity contribution < 1.29 is 0 Å². The van der Waals surface area contributed by atoms with Crippen LogP contribution in [0.1, 0.15) is 54.8 Å². The van der Waals surface area contributed by atoms with Gasteiger partial charge in [0.15, 0.2) is 0 Å². The van der Waals surface area contributed by atoms with Gasteiger partial charge in [-0.2, -0.15) is 0 Å². The van der Waals surface area contributed by atoms with E-state index < -0.39 is 0 Å². The molecule has 0 unspecified atom stereocenters. The summed E-state index contributed by atoms with van der Waals surface area (Å²) in [4.78, 5) is 5.95. The summed E-state index contributed by atoms with van der Waals surface area (Å²) in [6.07, 6.45) is 8.40. The molecule has 1 aromatic heterocycles. The van der Waals surface area contributed by atoms with Gasteiger partial charge in [0.05, 0.1) is 0 Å². The Hall–Kier alpha value is 0.200. The molecule has 2 aliphatic rings. The summed E-state index contributed by atoms with van der Waals surface area (Å²) in [6, 6.07) is 5.48. The zero-order valence-corrected chi connectivity index (χ0v) is 16.0. The van der Waals surface area contributed by atoms with Gasteiger partial charge in [0, 0.05) is 42.0 Å². The summed E-state index contributed by atoms with van der Waals surface area (Å²) >= 11 is 2.07. The highest BCUT2D eigenvalue weighted by molar-refractivity contribution is 7.12. The predicted octanol–water partition coefficient (Wildman–Crippen LogP) is 4.68. The molecule has 2 nitrogen and oxygen atoms in total. The van der Waals surface area contributed by atoms with Gasteiger partial charge in [-0.25, -0.2) is 0 Å². The molecule has 0 radical (unpaired) electrons. The largest absolute Gasteiger partial charge is 0.314 e. The third kappa shape index (κ3) is 4.85. The topological polar surface area (TPSA) is 15.3 Å². The third-order valence-electron chi connectivity index (χ3n) is 4.96. The minimum atomic E-state index is 0. The van der Waals surface area contributed by atoms with E-state index in [1.807, 2.05) is 0 Å². The molecule has 128 valence electrons. The molecule has 1 N–H and O–H groups in total. The molecule has 0 bridgehead atoms. The van der Waals surface area contributed by atoms with Crippen LogP contribution in [0.25, 0.3) is 0 Å². The van der Waals surface area contributed by atoms with Gasteiger partial charge in [-0.1, -0.05) is 26.2 Å². The molecule has 0 aromatic carbocycles. The number of hydrogen-bond donors (Lipinski definition) is 1. The third-order valence-corrected chi connectivity index (χ3v) is 6.26. The van der Waals surface area contributed by atoms with Crippen LogP contribution >= 0.6 is 36.2 Å². The van der Waals surface area contributed by atoms with E-state index in [2.05, 4.69) is 40.6 Å². The Morgan fingerprint density at radius 3 is 2.41 bits per heavy atom. The van der Waals surface area contributed by atoms with Gasteiger partial charge in [0.25, 0.3) is 0 Å². The van der Waals surface area contributed by atoms with Crippen molar-refractivity contribution in [1.29, 1.82) is 0 Å². The van der Waals surface area contributed by atoms with Crippen molar-refractivity contribution in [1.82, 2.24) is 10.2 Å². The van der Waals surface area contributed by atoms with Crippen molar-refractivity contribution in [3.8, 4) is 0 Å². The zero-order valence-electron chi connectivity index (χ0n) is 13.6. The average molecular weight is 365 g/mol. The fraction of sp³-hybridized carbons (Fsp3) is 0.765. The molecule has 1 aliphatic carbocycles. The van der Waals surface area contributed by atoms with Crippen molar-refractivity contribution in [2.24, 2.45) is 5.92 Å². The first kappa shape index (κ1) is 20.2. The number of thiophene rings is 1. The number of nitrogens with zero attached hydrogens (tertiary/aromatic N) is 1. The molecular formula is C17H30Cl2N2S. The molecule has 1 aliphatic heterocycles. The monoisotopic (exact) mass is 364 g/mol. The van der Waals surface area contributed by atoms with Crippen LogP contribution in [0.2, 0.25) is 0 Å². The number of rotatable bonds is 4. The Morgan fingerprint density at radius 1 is 1.14 bits per heavy atom. The Bertz CT molecular complexity index is 395. The Labute approximate surface area is 151 Å². The van der Waals surface area contributed by atoms with E-state index >= 15 is 0 Å². The second-order valence-electron chi connectivity index (χ2n) is 6.29. The lowest BCUT2D eigenvalue weighted by molar-refractivity contribution is 0.106. The van der Waals surface area contributed by atoms with Crippen molar-refractivity contribution in [3.63, 3.8) is 0 Å². The average Bonchev–Trinajstić information content (AvgIpc) is 2.98. The second kappa shape index (κ2) is 10.1. The molecule has 1 saturated heterocycles. The highest BCUT2D eigenvalue weighted by atomic mass is 35.5. The summed E-state index contributed by atoms with van der Waals surface area (Å²) in [5.74, 6) is 0.894. The Morgan fingerprint density at radius 2 is 1.82 bits per heavy atom. The van der Waals surface area contributed by atoms with Crippen LogP contribution in [-0.4, -0.2) is 31.1 Å². The van der Waals surface area contributed by atoms with E-state index in [9.17, 15) is 0 Å². The van der Waals surface area contributed by atoms with Crippen LogP contribution in [0.3, 0.4) is 0 Å². The van der Waals surface area contributed by atoms with Gasteiger partial charge in [-0.3, -0.25) is 4.90 Å². The van der Waals surface area contributed by atoms with Gasteiger partial charge < -0.3 is 5.32 Å². The second-order valence-corrected chi connectivity index (χ2v) is 7.49. The van der Waals surface area contributed by atoms with Crippen LogP contribution in [-0.2, 0) is 6.42 Å². The van der Waals surface area contributed by atoms with Crippen LogP contribution in [0.5, 0.6) is 0 Å². The van der Waals surface area contributed by atoms with Gasteiger partial charge in [0.2, 0.25) is 0 Å². The standard InChI is InChI=1S/C17H28N2S.2ClH/c1-2-15-8-9-16(20-15)17(14-6-4-3-5-7-14)19-12-10-18-11-13-19;;/h8-9,14,17-18H,2-7,10-13H2,1H3;2*1H/t17-;;/m0../s1. The van der Waals surface area contributed by atoms with Gasteiger partial charge in [0.1, 0.15) is 0 Å². The molecule has 2 heterocycles. The van der Waals surface area contributed by atoms with Crippen LogP contribution in [0, 0.1) is 5.92 Å².